The lowest BCUT2D eigenvalue weighted by atomic mass is 9.95. The predicted molar refractivity (Wildman–Crippen MR) is 152 cm³/mol. The van der Waals surface area contributed by atoms with Crippen LogP contribution in [0.2, 0.25) is 0 Å². The zero-order valence-corrected chi connectivity index (χ0v) is 23.3. The van der Waals surface area contributed by atoms with Crippen molar-refractivity contribution in [3.05, 3.63) is 75.7 Å². The molecule has 1 heterocycles. The molecule has 0 radical (unpaired) electrons. The number of anilines is 1. The zero-order valence-electron chi connectivity index (χ0n) is 23.3. The Kier molecular flexibility index (Phi) is 8.88. The molecule has 0 bridgehead atoms. The molecule has 0 unspecified atom stereocenters. The van der Waals surface area contributed by atoms with Crippen LogP contribution in [0, 0.1) is 0 Å². The number of hydrogen-bond acceptors (Lipinski definition) is 8. The van der Waals surface area contributed by atoms with Crippen molar-refractivity contribution in [3.8, 4) is 28.4 Å². The molecule has 1 aliphatic rings. The fraction of sp³-hybridized carbons (Fsp3) is 0.333. The number of carbonyl (C=O) groups is 2. The van der Waals surface area contributed by atoms with Gasteiger partial charge in [-0.2, -0.15) is 0 Å². The van der Waals surface area contributed by atoms with E-state index in [9.17, 15) is 14.4 Å². The van der Waals surface area contributed by atoms with Gasteiger partial charge < -0.3 is 30.2 Å². The van der Waals surface area contributed by atoms with E-state index in [4.69, 9.17) is 14.2 Å². The molecule has 0 saturated heterocycles. The highest BCUT2D eigenvalue weighted by molar-refractivity contribution is 5.85. The largest absolute Gasteiger partial charge is 0.493 e. The third kappa shape index (κ3) is 6.01. The molecule has 1 aromatic heterocycles. The minimum atomic E-state index is -0.691. The standard InChI is InChI=1S/C30H34N4O6/c1-17(30(37)32-16-19-7-6-12-31-15-19)33-24-11-9-21-22(14-25(24)36)23(34-18(2)35)10-8-20-13-26(38-3)28(39-4)29(40-5)27(20)21/h6-7,9,11-15,17,23H,8,10,16H2,1-5H3,(H,32,37)(H,33,36)(H,34,35)/t17-,23-/m0/s1. The summed E-state index contributed by atoms with van der Waals surface area (Å²) in [5.74, 6) is 0.948. The molecule has 4 rings (SSSR count). The van der Waals surface area contributed by atoms with E-state index in [0.29, 0.717) is 47.8 Å². The molecular formula is C30H34N4O6. The quantitative estimate of drug-likeness (QED) is 0.373. The second-order valence-corrected chi connectivity index (χ2v) is 9.54. The zero-order chi connectivity index (χ0) is 28.8. The summed E-state index contributed by atoms with van der Waals surface area (Å²) in [6.07, 6.45) is 4.50. The van der Waals surface area contributed by atoms with Crippen LogP contribution in [0.15, 0.2) is 53.6 Å². The highest BCUT2D eigenvalue weighted by Gasteiger charge is 2.29. The van der Waals surface area contributed by atoms with E-state index < -0.39 is 12.1 Å². The monoisotopic (exact) mass is 546 g/mol. The molecule has 10 heteroatoms. The van der Waals surface area contributed by atoms with Crippen molar-refractivity contribution < 1.29 is 23.8 Å². The minimum Gasteiger partial charge on any atom is -0.493 e. The maximum Gasteiger partial charge on any atom is 0.242 e. The molecule has 40 heavy (non-hydrogen) atoms. The van der Waals surface area contributed by atoms with Crippen molar-refractivity contribution in [2.45, 2.75) is 45.3 Å². The number of nitrogens with zero attached hydrogens (tertiary/aromatic N) is 1. The van der Waals surface area contributed by atoms with E-state index in [1.54, 1.807) is 45.7 Å². The lowest BCUT2D eigenvalue weighted by Crippen LogP contribution is -2.38. The molecule has 2 atom stereocenters. The fourth-order valence-corrected chi connectivity index (χ4v) is 4.97. The third-order valence-electron chi connectivity index (χ3n) is 6.87. The Morgan fingerprint density at radius 1 is 1.07 bits per heavy atom. The molecule has 3 N–H and O–H groups in total. The summed E-state index contributed by atoms with van der Waals surface area (Å²) in [6.45, 7) is 3.45. The first-order chi connectivity index (χ1) is 19.3. The van der Waals surface area contributed by atoms with Crippen LogP contribution >= 0.6 is 0 Å². The first-order valence-corrected chi connectivity index (χ1v) is 13.0. The van der Waals surface area contributed by atoms with E-state index >= 15 is 0 Å². The molecule has 0 fully saturated rings. The second-order valence-electron chi connectivity index (χ2n) is 9.54. The first-order valence-electron chi connectivity index (χ1n) is 13.0. The summed E-state index contributed by atoms with van der Waals surface area (Å²) in [4.78, 5) is 42.4. The third-order valence-corrected chi connectivity index (χ3v) is 6.87. The van der Waals surface area contributed by atoms with Gasteiger partial charge in [-0.05, 0) is 66.3 Å². The van der Waals surface area contributed by atoms with Crippen LogP contribution in [-0.2, 0) is 22.6 Å². The summed E-state index contributed by atoms with van der Waals surface area (Å²) in [5, 5.41) is 8.90. The number of carbonyl (C=O) groups excluding carboxylic acids is 2. The van der Waals surface area contributed by atoms with Gasteiger partial charge in [0.2, 0.25) is 23.0 Å². The van der Waals surface area contributed by atoms with Crippen LogP contribution < -0.4 is 35.6 Å². The van der Waals surface area contributed by atoms with E-state index in [1.807, 2.05) is 18.2 Å². The number of rotatable bonds is 9. The maximum atomic E-state index is 13.5. The Labute approximate surface area is 233 Å². The fourth-order valence-electron chi connectivity index (χ4n) is 4.97. The van der Waals surface area contributed by atoms with E-state index in [0.717, 1.165) is 16.7 Å². The van der Waals surface area contributed by atoms with E-state index in [-0.39, 0.29) is 22.9 Å². The van der Waals surface area contributed by atoms with Crippen molar-refractivity contribution in [1.82, 2.24) is 15.6 Å². The molecule has 2 amide bonds. The van der Waals surface area contributed by atoms with Gasteiger partial charge in [0.05, 0.1) is 33.1 Å². The van der Waals surface area contributed by atoms with Crippen LogP contribution in [-0.4, -0.2) is 44.2 Å². The van der Waals surface area contributed by atoms with Gasteiger partial charge in [0, 0.05) is 31.4 Å². The smallest absolute Gasteiger partial charge is 0.242 e. The Hall–Kier alpha value is -4.60. The number of methoxy groups -OCH3 is 3. The van der Waals surface area contributed by atoms with Crippen LogP contribution in [0.1, 0.15) is 43.0 Å². The highest BCUT2D eigenvalue weighted by atomic mass is 16.5. The van der Waals surface area contributed by atoms with Gasteiger partial charge in [-0.1, -0.05) is 12.1 Å². The molecular weight excluding hydrogens is 512 g/mol. The Morgan fingerprint density at radius 2 is 1.85 bits per heavy atom. The first kappa shape index (κ1) is 28.4. The number of benzene rings is 1. The number of fused-ring (bicyclic) bond motifs is 3. The van der Waals surface area contributed by atoms with Gasteiger partial charge in [-0.25, -0.2) is 0 Å². The maximum absolute atomic E-state index is 13.5. The number of amides is 2. The molecule has 1 aliphatic carbocycles. The van der Waals surface area contributed by atoms with Crippen LogP contribution in [0.5, 0.6) is 17.2 Å². The predicted octanol–water partition coefficient (Wildman–Crippen LogP) is 3.37. The molecule has 2 aromatic carbocycles. The number of pyridine rings is 1. The summed E-state index contributed by atoms with van der Waals surface area (Å²) in [6, 6.07) is 9.44. The number of ether oxygens (including phenoxy) is 3. The summed E-state index contributed by atoms with van der Waals surface area (Å²) >= 11 is 0. The Morgan fingerprint density at radius 3 is 2.50 bits per heavy atom. The van der Waals surface area contributed by atoms with Gasteiger partial charge in [-0.3, -0.25) is 19.4 Å². The summed E-state index contributed by atoms with van der Waals surface area (Å²) < 4.78 is 17.0. The normalized spacial score (nSPS) is 14.5. The minimum absolute atomic E-state index is 0.208. The topological polar surface area (TPSA) is 128 Å². The van der Waals surface area contributed by atoms with Gasteiger partial charge in [0.1, 0.15) is 6.04 Å². The Bertz CT molecular complexity index is 1460. The van der Waals surface area contributed by atoms with Crippen LogP contribution in [0.4, 0.5) is 5.69 Å². The van der Waals surface area contributed by atoms with E-state index in [2.05, 4.69) is 20.9 Å². The second kappa shape index (κ2) is 12.5. The van der Waals surface area contributed by atoms with Crippen molar-refractivity contribution in [1.29, 1.82) is 0 Å². The highest BCUT2D eigenvalue weighted by Crippen LogP contribution is 2.50. The summed E-state index contributed by atoms with van der Waals surface area (Å²) in [7, 11) is 4.65. The average Bonchev–Trinajstić information content (AvgIpc) is 3.19. The molecule has 3 aromatic rings. The van der Waals surface area contributed by atoms with Crippen molar-refractivity contribution >= 4 is 17.5 Å². The van der Waals surface area contributed by atoms with Crippen molar-refractivity contribution in [3.63, 3.8) is 0 Å². The lowest BCUT2D eigenvalue weighted by Gasteiger charge is -2.19. The number of aryl methyl sites for hydroxylation is 1. The summed E-state index contributed by atoms with van der Waals surface area (Å²) in [5.41, 5.74) is 3.85. The SMILES string of the molecule is COc1cc2c(c(OC)c1OC)-c1ccc(N[C@@H](C)C(=O)NCc3cccnc3)c(=O)cc1[C@@H](NC(C)=O)CC2. The lowest BCUT2D eigenvalue weighted by molar-refractivity contribution is -0.122. The molecule has 10 nitrogen and oxygen atoms in total. The average molecular weight is 547 g/mol. The molecule has 0 aliphatic heterocycles. The number of hydrogen-bond donors (Lipinski definition) is 3. The van der Waals surface area contributed by atoms with Crippen molar-refractivity contribution in [2.24, 2.45) is 0 Å². The van der Waals surface area contributed by atoms with Crippen LogP contribution in [0.25, 0.3) is 11.1 Å². The van der Waals surface area contributed by atoms with Crippen molar-refractivity contribution in [2.75, 3.05) is 26.6 Å². The molecule has 0 spiro atoms. The van der Waals surface area contributed by atoms with Gasteiger partial charge >= 0.3 is 0 Å². The number of aromatic nitrogens is 1. The molecule has 0 saturated carbocycles. The van der Waals surface area contributed by atoms with Gasteiger partial charge in [0.15, 0.2) is 11.5 Å². The van der Waals surface area contributed by atoms with E-state index in [1.165, 1.54) is 20.1 Å². The van der Waals surface area contributed by atoms with Crippen LogP contribution in [0.3, 0.4) is 0 Å². The molecule has 210 valence electrons. The van der Waals surface area contributed by atoms with Gasteiger partial charge in [-0.15, -0.1) is 0 Å². The number of nitrogens with one attached hydrogen (secondary N) is 3. The van der Waals surface area contributed by atoms with Gasteiger partial charge in [0.25, 0.3) is 0 Å². The Balaban J connectivity index is 1.76.